The van der Waals surface area contributed by atoms with E-state index < -0.39 is 6.04 Å². The monoisotopic (exact) mass is 413 g/mol. The first-order chi connectivity index (χ1) is 7.45. The molecule has 1 rings (SSSR count). The van der Waals surface area contributed by atoms with Crippen LogP contribution < -0.4 is 5.32 Å². The molecule has 0 radical (unpaired) electrons. The summed E-state index contributed by atoms with van der Waals surface area (Å²) in [6.45, 7) is 1.74. The second kappa shape index (κ2) is 6.02. The molecule has 0 aliphatic rings. The molecule has 1 unspecified atom stereocenters. The van der Waals surface area contributed by atoms with Crippen LogP contribution in [0.15, 0.2) is 25.6 Å². The van der Waals surface area contributed by atoms with Crippen LogP contribution in [0.25, 0.3) is 0 Å². The molecule has 0 saturated heterocycles. The Kier molecular flexibility index (Phi) is 5.27. The number of anilines is 1. The molecule has 0 aliphatic carbocycles. The van der Waals surface area contributed by atoms with Gasteiger partial charge in [-0.3, -0.25) is 0 Å². The van der Waals surface area contributed by atoms with Crippen LogP contribution >= 0.6 is 47.8 Å². The second-order valence-electron chi connectivity index (χ2n) is 3.13. The van der Waals surface area contributed by atoms with Gasteiger partial charge in [-0.25, -0.2) is 4.79 Å². The van der Waals surface area contributed by atoms with Gasteiger partial charge in [-0.2, -0.15) is 0 Å². The third-order valence-electron chi connectivity index (χ3n) is 1.92. The average molecular weight is 416 g/mol. The van der Waals surface area contributed by atoms with Gasteiger partial charge >= 0.3 is 5.97 Å². The van der Waals surface area contributed by atoms with Crippen molar-refractivity contribution < 1.29 is 9.53 Å². The molecule has 6 heteroatoms. The molecular formula is C10H10Br3NO2. The average Bonchev–Trinajstić information content (AvgIpc) is 2.21. The quantitative estimate of drug-likeness (QED) is 0.760. The lowest BCUT2D eigenvalue weighted by molar-refractivity contribution is -0.141. The first-order valence-corrected chi connectivity index (χ1v) is 6.82. The van der Waals surface area contributed by atoms with Crippen molar-refractivity contribution in [3.63, 3.8) is 0 Å². The fourth-order valence-corrected chi connectivity index (χ4v) is 3.62. The van der Waals surface area contributed by atoms with Crippen LogP contribution in [-0.2, 0) is 9.53 Å². The van der Waals surface area contributed by atoms with E-state index in [1.807, 2.05) is 12.1 Å². The lowest BCUT2D eigenvalue weighted by Gasteiger charge is -2.16. The highest BCUT2D eigenvalue weighted by Gasteiger charge is 2.16. The molecule has 0 fully saturated rings. The zero-order valence-electron chi connectivity index (χ0n) is 8.68. The second-order valence-corrected chi connectivity index (χ2v) is 5.76. The first kappa shape index (κ1) is 14.0. The summed E-state index contributed by atoms with van der Waals surface area (Å²) in [6.07, 6.45) is 0. The minimum absolute atomic E-state index is 0.304. The molecule has 1 N–H and O–H groups in total. The molecule has 1 aromatic carbocycles. The number of benzene rings is 1. The maximum absolute atomic E-state index is 11.3. The van der Waals surface area contributed by atoms with E-state index in [1.54, 1.807) is 6.92 Å². The standard InChI is InChI=1S/C10H10Br3NO2/c1-5(10(15)16-2)14-9-7(12)3-6(11)4-8(9)13/h3-5,14H,1-2H3. The van der Waals surface area contributed by atoms with E-state index in [0.29, 0.717) is 0 Å². The minimum atomic E-state index is -0.404. The minimum Gasteiger partial charge on any atom is -0.467 e. The zero-order valence-corrected chi connectivity index (χ0v) is 13.4. The van der Waals surface area contributed by atoms with Crippen LogP contribution in [0.2, 0.25) is 0 Å². The van der Waals surface area contributed by atoms with E-state index >= 15 is 0 Å². The highest BCUT2D eigenvalue weighted by atomic mass is 79.9. The van der Waals surface area contributed by atoms with Crippen molar-refractivity contribution in [3.8, 4) is 0 Å². The molecule has 1 atom stereocenters. The fourth-order valence-electron chi connectivity index (χ4n) is 1.13. The summed E-state index contributed by atoms with van der Waals surface area (Å²) in [5.41, 5.74) is 0.820. The maximum atomic E-state index is 11.3. The number of nitrogens with one attached hydrogen (secondary N) is 1. The Morgan fingerprint density at radius 1 is 1.31 bits per heavy atom. The molecule has 0 aliphatic heterocycles. The maximum Gasteiger partial charge on any atom is 0.327 e. The smallest absolute Gasteiger partial charge is 0.327 e. The first-order valence-electron chi connectivity index (χ1n) is 4.44. The summed E-state index contributed by atoms with van der Waals surface area (Å²) in [7, 11) is 1.37. The molecule has 0 aromatic heterocycles. The van der Waals surface area contributed by atoms with Crippen LogP contribution in [0.4, 0.5) is 5.69 Å². The fraction of sp³-hybridized carbons (Fsp3) is 0.300. The van der Waals surface area contributed by atoms with Gasteiger partial charge in [-0.05, 0) is 50.9 Å². The summed E-state index contributed by atoms with van der Waals surface area (Å²) < 4.78 is 7.32. The normalized spacial score (nSPS) is 12.1. The summed E-state index contributed by atoms with van der Waals surface area (Å²) in [4.78, 5) is 11.3. The Hall–Kier alpha value is -0.0700. The Balaban J connectivity index is 2.93. The van der Waals surface area contributed by atoms with Crippen molar-refractivity contribution in [2.45, 2.75) is 13.0 Å². The molecule has 1 aromatic rings. The number of rotatable bonds is 3. The number of esters is 1. The van der Waals surface area contributed by atoms with Crippen molar-refractivity contribution >= 4 is 59.4 Å². The van der Waals surface area contributed by atoms with Gasteiger partial charge in [0.2, 0.25) is 0 Å². The van der Waals surface area contributed by atoms with Crippen molar-refractivity contribution in [1.82, 2.24) is 0 Å². The number of hydrogen-bond donors (Lipinski definition) is 1. The molecule has 0 bridgehead atoms. The molecule has 16 heavy (non-hydrogen) atoms. The predicted molar refractivity (Wildman–Crippen MR) is 74.6 cm³/mol. The predicted octanol–water partition coefficient (Wildman–Crippen LogP) is 3.95. The van der Waals surface area contributed by atoms with Crippen LogP contribution in [0.1, 0.15) is 6.92 Å². The molecular weight excluding hydrogens is 406 g/mol. The van der Waals surface area contributed by atoms with Gasteiger partial charge in [0.1, 0.15) is 6.04 Å². The Morgan fingerprint density at radius 3 is 2.25 bits per heavy atom. The van der Waals surface area contributed by atoms with Crippen molar-refractivity contribution in [2.75, 3.05) is 12.4 Å². The zero-order chi connectivity index (χ0) is 12.3. The van der Waals surface area contributed by atoms with Gasteiger partial charge in [0.25, 0.3) is 0 Å². The van der Waals surface area contributed by atoms with Gasteiger partial charge in [0.05, 0.1) is 12.8 Å². The lowest BCUT2D eigenvalue weighted by atomic mass is 10.2. The number of methoxy groups -OCH3 is 1. The highest BCUT2D eigenvalue weighted by molar-refractivity contribution is 9.11. The van der Waals surface area contributed by atoms with E-state index in [0.717, 1.165) is 19.1 Å². The van der Waals surface area contributed by atoms with E-state index in [1.165, 1.54) is 7.11 Å². The summed E-state index contributed by atoms with van der Waals surface area (Å²) >= 11 is 10.2. The summed E-state index contributed by atoms with van der Waals surface area (Å²) in [5.74, 6) is -0.304. The van der Waals surface area contributed by atoms with E-state index in [2.05, 4.69) is 57.8 Å². The summed E-state index contributed by atoms with van der Waals surface area (Å²) in [6, 6.07) is 3.40. The lowest BCUT2D eigenvalue weighted by Crippen LogP contribution is -2.27. The molecule has 0 spiro atoms. The van der Waals surface area contributed by atoms with Crippen molar-refractivity contribution in [2.24, 2.45) is 0 Å². The van der Waals surface area contributed by atoms with Gasteiger partial charge < -0.3 is 10.1 Å². The Labute approximate surface area is 119 Å². The number of halogens is 3. The van der Waals surface area contributed by atoms with Crippen molar-refractivity contribution in [1.29, 1.82) is 0 Å². The van der Waals surface area contributed by atoms with Gasteiger partial charge in [0, 0.05) is 13.4 Å². The number of carbonyl (C=O) groups is 1. The van der Waals surface area contributed by atoms with Crippen molar-refractivity contribution in [3.05, 3.63) is 25.6 Å². The van der Waals surface area contributed by atoms with E-state index in [9.17, 15) is 4.79 Å². The van der Waals surface area contributed by atoms with Crippen LogP contribution in [0.5, 0.6) is 0 Å². The molecule has 0 heterocycles. The van der Waals surface area contributed by atoms with Crippen LogP contribution in [0, 0.1) is 0 Å². The molecule has 0 amide bonds. The Morgan fingerprint density at radius 2 is 1.81 bits per heavy atom. The van der Waals surface area contributed by atoms with E-state index in [-0.39, 0.29) is 5.97 Å². The highest BCUT2D eigenvalue weighted by Crippen LogP contribution is 2.34. The molecule has 0 saturated carbocycles. The third kappa shape index (κ3) is 3.46. The SMILES string of the molecule is COC(=O)C(C)Nc1c(Br)cc(Br)cc1Br. The molecule has 3 nitrogen and oxygen atoms in total. The topological polar surface area (TPSA) is 38.3 Å². The van der Waals surface area contributed by atoms with Gasteiger partial charge in [-0.15, -0.1) is 0 Å². The third-order valence-corrected chi connectivity index (χ3v) is 3.63. The van der Waals surface area contributed by atoms with Gasteiger partial charge in [0.15, 0.2) is 0 Å². The number of carbonyl (C=O) groups excluding carboxylic acids is 1. The number of hydrogen-bond acceptors (Lipinski definition) is 3. The summed E-state index contributed by atoms with van der Waals surface area (Å²) in [5, 5.41) is 3.07. The van der Waals surface area contributed by atoms with Gasteiger partial charge in [-0.1, -0.05) is 15.9 Å². The van der Waals surface area contributed by atoms with E-state index in [4.69, 9.17) is 0 Å². The largest absolute Gasteiger partial charge is 0.467 e. The molecule has 88 valence electrons. The number of ether oxygens (including phenoxy) is 1. The Bertz CT molecular complexity index is 386. The van der Waals surface area contributed by atoms with Crippen LogP contribution in [0.3, 0.4) is 0 Å². The van der Waals surface area contributed by atoms with Crippen LogP contribution in [-0.4, -0.2) is 19.1 Å².